The average Bonchev–Trinajstić information content (AvgIpc) is 3.10. The summed E-state index contributed by atoms with van der Waals surface area (Å²) >= 11 is 0. The van der Waals surface area contributed by atoms with Crippen LogP contribution in [0.4, 0.5) is 0 Å². The number of rotatable bonds is 4. The number of hydrogen-bond donors (Lipinski definition) is 1. The van der Waals surface area contributed by atoms with Crippen LogP contribution in [0.15, 0.2) is 34.9 Å². The zero-order valence-corrected chi connectivity index (χ0v) is 12.0. The van der Waals surface area contributed by atoms with Crippen LogP contribution in [0.25, 0.3) is 11.5 Å². The molecule has 1 aliphatic heterocycles. The Morgan fingerprint density at radius 1 is 1.43 bits per heavy atom. The van der Waals surface area contributed by atoms with Crippen molar-refractivity contribution in [3.63, 3.8) is 0 Å². The van der Waals surface area contributed by atoms with Crippen molar-refractivity contribution in [1.29, 1.82) is 0 Å². The molecule has 5 heteroatoms. The van der Waals surface area contributed by atoms with Crippen molar-refractivity contribution in [2.24, 2.45) is 5.92 Å². The summed E-state index contributed by atoms with van der Waals surface area (Å²) in [4.78, 5) is 17.5. The van der Waals surface area contributed by atoms with Crippen molar-refractivity contribution in [3.05, 3.63) is 41.8 Å². The number of aryl methyl sites for hydroxylation is 1. The van der Waals surface area contributed by atoms with Gasteiger partial charge < -0.3 is 9.52 Å². The van der Waals surface area contributed by atoms with Gasteiger partial charge in [0.15, 0.2) is 0 Å². The molecule has 1 atom stereocenters. The first-order valence-corrected chi connectivity index (χ1v) is 7.08. The van der Waals surface area contributed by atoms with Gasteiger partial charge in [-0.05, 0) is 32.0 Å². The Hall–Kier alpha value is -2.14. The highest BCUT2D eigenvalue weighted by Gasteiger charge is 2.28. The van der Waals surface area contributed by atoms with Gasteiger partial charge in [0, 0.05) is 18.7 Å². The number of carboxylic acid groups (broad SMARTS) is 1. The predicted octanol–water partition coefficient (Wildman–Crippen LogP) is 2.56. The van der Waals surface area contributed by atoms with E-state index >= 15 is 0 Å². The second kappa shape index (κ2) is 5.69. The quantitative estimate of drug-likeness (QED) is 0.935. The summed E-state index contributed by atoms with van der Waals surface area (Å²) in [5, 5.41) is 9.01. The summed E-state index contributed by atoms with van der Waals surface area (Å²) in [7, 11) is 0. The summed E-state index contributed by atoms with van der Waals surface area (Å²) < 4.78 is 5.52. The van der Waals surface area contributed by atoms with E-state index in [0.717, 1.165) is 17.8 Å². The molecule has 1 saturated heterocycles. The molecule has 2 heterocycles. The molecule has 0 bridgehead atoms. The molecule has 1 aromatic heterocycles. The van der Waals surface area contributed by atoms with Crippen LogP contribution in [0.5, 0.6) is 0 Å². The van der Waals surface area contributed by atoms with Crippen LogP contribution in [0, 0.1) is 12.8 Å². The van der Waals surface area contributed by atoms with Gasteiger partial charge in [-0.25, -0.2) is 4.98 Å². The van der Waals surface area contributed by atoms with E-state index in [-0.39, 0.29) is 5.92 Å². The van der Waals surface area contributed by atoms with E-state index in [0.29, 0.717) is 25.4 Å². The van der Waals surface area contributed by atoms with Crippen LogP contribution in [-0.2, 0) is 11.3 Å². The molecule has 110 valence electrons. The predicted molar refractivity (Wildman–Crippen MR) is 77.7 cm³/mol. The van der Waals surface area contributed by atoms with Gasteiger partial charge in [0.05, 0.1) is 11.6 Å². The Bertz CT molecular complexity index is 633. The lowest BCUT2D eigenvalue weighted by Crippen LogP contribution is -2.22. The first-order chi connectivity index (χ1) is 10.1. The van der Waals surface area contributed by atoms with Crippen LogP contribution in [0.1, 0.15) is 17.7 Å². The normalized spacial score (nSPS) is 19.0. The van der Waals surface area contributed by atoms with E-state index in [9.17, 15) is 4.79 Å². The molecule has 0 spiro atoms. The van der Waals surface area contributed by atoms with Crippen molar-refractivity contribution in [3.8, 4) is 11.5 Å². The zero-order valence-electron chi connectivity index (χ0n) is 12.0. The molecule has 1 aromatic carbocycles. The van der Waals surface area contributed by atoms with Crippen LogP contribution in [-0.4, -0.2) is 34.0 Å². The summed E-state index contributed by atoms with van der Waals surface area (Å²) in [6.07, 6.45) is 2.36. The highest BCUT2D eigenvalue weighted by atomic mass is 16.4. The number of carbonyl (C=O) groups is 1. The van der Waals surface area contributed by atoms with Crippen LogP contribution < -0.4 is 0 Å². The molecular weight excluding hydrogens is 268 g/mol. The Morgan fingerprint density at radius 3 is 2.86 bits per heavy atom. The molecule has 0 unspecified atom stereocenters. The number of carboxylic acids is 1. The number of benzene rings is 1. The first-order valence-electron chi connectivity index (χ1n) is 7.08. The Labute approximate surface area is 123 Å². The lowest BCUT2D eigenvalue weighted by Gasteiger charge is -2.12. The summed E-state index contributed by atoms with van der Waals surface area (Å²) in [5.74, 6) is -0.356. The first kappa shape index (κ1) is 13.8. The summed E-state index contributed by atoms with van der Waals surface area (Å²) in [6.45, 7) is 4.06. The molecule has 0 radical (unpaired) electrons. The molecule has 1 aliphatic rings. The maximum Gasteiger partial charge on any atom is 0.307 e. The second-order valence-corrected chi connectivity index (χ2v) is 5.57. The van der Waals surface area contributed by atoms with Crippen LogP contribution >= 0.6 is 0 Å². The number of aromatic nitrogens is 1. The van der Waals surface area contributed by atoms with Crippen molar-refractivity contribution < 1.29 is 14.3 Å². The molecule has 0 saturated carbocycles. The molecule has 5 nitrogen and oxygen atoms in total. The highest BCUT2D eigenvalue weighted by molar-refractivity contribution is 5.70. The second-order valence-electron chi connectivity index (χ2n) is 5.57. The van der Waals surface area contributed by atoms with Crippen molar-refractivity contribution in [1.82, 2.24) is 9.88 Å². The minimum Gasteiger partial charge on any atom is -0.481 e. The van der Waals surface area contributed by atoms with E-state index < -0.39 is 5.97 Å². The van der Waals surface area contributed by atoms with E-state index in [1.807, 2.05) is 31.2 Å². The van der Waals surface area contributed by atoms with Gasteiger partial charge in [0.1, 0.15) is 6.26 Å². The van der Waals surface area contributed by atoms with Gasteiger partial charge in [-0.3, -0.25) is 9.69 Å². The Kier molecular flexibility index (Phi) is 3.75. The van der Waals surface area contributed by atoms with Gasteiger partial charge in [-0.2, -0.15) is 0 Å². The Balaban J connectivity index is 1.66. The van der Waals surface area contributed by atoms with Gasteiger partial charge in [-0.15, -0.1) is 0 Å². The maximum absolute atomic E-state index is 11.0. The van der Waals surface area contributed by atoms with Crippen molar-refractivity contribution in [2.75, 3.05) is 13.1 Å². The molecule has 1 N–H and O–H groups in total. The monoisotopic (exact) mass is 286 g/mol. The number of hydrogen-bond acceptors (Lipinski definition) is 4. The number of aliphatic carboxylic acids is 1. The molecular formula is C16H18N2O3. The smallest absolute Gasteiger partial charge is 0.307 e. The fraction of sp³-hybridized carbons (Fsp3) is 0.375. The lowest BCUT2D eigenvalue weighted by atomic mass is 10.1. The Morgan fingerprint density at radius 2 is 2.19 bits per heavy atom. The van der Waals surface area contributed by atoms with E-state index in [2.05, 4.69) is 9.88 Å². The average molecular weight is 286 g/mol. The minimum atomic E-state index is -0.710. The molecule has 0 amide bonds. The minimum absolute atomic E-state index is 0.256. The molecule has 1 fully saturated rings. The molecule has 0 aliphatic carbocycles. The SMILES string of the molecule is Cc1ccc(-c2nc(CN3CC[C@H](C(=O)O)C3)co2)cc1. The third kappa shape index (κ3) is 3.13. The van der Waals surface area contributed by atoms with Crippen molar-refractivity contribution >= 4 is 5.97 Å². The van der Waals surface area contributed by atoms with E-state index in [4.69, 9.17) is 9.52 Å². The van der Waals surface area contributed by atoms with Crippen molar-refractivity contribution in [2.45, 2.75) is 19.9 Å². The maximum atomic E-state index is 11.0. The number of nitrogens with zero attached hydrogens (tertiary/aromatic N) is 2. The largest absolute Gasteiger partial charge is 0.481 e. The summed E-state index contributed by atoms with van der Waals surface area (Å²) in [5.41, 5.74) is 3.00. The number of likely N-dealkylation sites (tertiary alicyclic amines) is 1. The summed E-state index contributed by atoms with van der Waals surface area (Å²) in [6, 6.07) is 8.02. The molecule has 3 rings (SSSR count). The zero-order chi connectivity index (χ0) is 14.8. The number of oxazole rings is 1. The highest BCUT2D eigenvalue weighted by Crippen LogP contribution is 2.22. The van der Waals surface area contributed by atoms with E-state index in [1.54, 1.807) is 6.26 Å². The third-order valence-corrected chi connectivity index (χ3v) is 3.86. The lowest BCUT2D eigenvalue weighted by molar-refractivity contribution is -0.141. The fourth-order valence-corrected chi connectivity index (χ4v) is 2.62. The fourth-order valence-electron chi connectivity index (χ4n) is 2.62. The van der Waals surface area contributed by atoms with Crippen LogP contribution in [0.2, 0.25) is 0 Å². The topological polar surface area (TPSA) is 66.6 Å². The van der Waals surface area contributed by atoms with E-state index in [1.165, 1.54) is 5.56 Å². The van der Waals surface area contributed by atoms with Gasteiger partial charge >= 0.3 is 5.97 Å². The third-order valence-electron chi connectivity index (χ3n) is 3.86. The molecule has 2 aromatic rings. The van der Waals surface area contributed by atoms with Gasteiger partial charge in [0.25, 0.3) is 0 Å². The van der Waals surface area contributed by atoms with Crippen LogP contribution in [0.3, 0.4) is 0 Å². The molecule has 21 heavy (non-hydrogen) atoms. The van der Waals surface area contributed by atoms with Gasteiger partial charge in [0.2, 0.25) is 5.89 Å². The van der Waals surface area contributed by atoms with Gasteiger partial charge in [-0.1, -0.05) is 17.7 Å². The standard InChI is InChI=1S/C16H18N2O3/c1-11-2-4-12(5-3-11)15-17-14(10-21-15)9-18-7-6-13(8-18)16(19)20/h2-5,10,13H,6-9H2,1H3,(H,19,20)/t13-/m0/s1.